The van der Waals surface area contributed by atoms with Crippen molar-refractivity contribution in [3.8, 4) is 0 Å². The molecule has 0 spiro atoms. The fourth-order valence-corrected chi connectivity index (χ4v) is 3.05. The van der Waals surface area contributed by atoms with E-state index in [2.05, 4.69) is 12.2 Å². The third-order valence-electron chi connectivity index (χ3n) is 3.90. The fourth-order valence-electron chi connectivity index (χ4n) is 3.05. The van der Waals surface area contributed by atoms with Crippen molar-refractivity contribution in [2.75, 3.05) is 6.61 Å². The quantitative estimate of drug-likeness (QED) is 0.693. The molecule has 2 bridgehead atoms. The number of nitrogens with one attached hydrogen (secondary N) is 1. The first-order valence-corrected chi connectivity index (χ1v) is 5.70. The molecule has 2 saturated carbocycles. The fraction of sp³-hybridized carbons (Fsp3) is 1.00. The summed E-state index contributed by atoms with van der Waals surface area (Å²) in [6.07, 6.45) is 6.73. The molecule has 0 aliphatic heterocycles. The van der Waals surface area contributed by atoms with Gasteiger partial charge in [-0.2, -0.15) is 0 Å². The van der Waals surface area contributed by atoms with Crippen molar-refractivity contribution >= 4 is 0 Å². The second-order valence-electron chi connectivity index (χ2n) is 4.74. The molecule has 0 radical (unpaired) electrons. The molecule has 4 atom stereocenters. The molecule has 2 heteroatoms. The largest absolute Gasteiger partial charge is 0.395 e. The van der Waals surface area contributed by atoms with Crippen LogP contribution >= 0.6 is 0 Å². The predicted octanol–water partition coefficient (Wildman–Crippen LogP) is 1.54. The Balaban J connectivity index is 1.82. The van der Waals surface area contributed by atoms with Gasteiger partial charge in [0.25, 0.3) is 0 Å². The van der Waals surface area contributed by atoms with Crippen LogP contribution in [0.4, 0.5) is 0 Å². The summed E-state index contributed by atoms with van der Waals surface area (Å²) in [7, 11) is 0. The predicted molar refractivity (Wildman–Crippen MR) is 53.5 cm³/mol. The molecule has 2 aliphatic rings. The molecule has 0 saturated heterocycles. The third-order valence-corrected chi connectivity index (χ3v) is 3.90. The lowest BCUT2D eigenvalue weighted by Crippen LogP contribution is -2.42. The van der Waals surface area contributed by atoms with E-state index in [1.54, 1.807) is 0 Å². The van der Waals surface area contributed by atoms with E-state index in [0.29, 0.717) is 12.6 Å². The van der Waals surface area contributed by atoms with Crippen LogP contribution in [-0.4, -0.2) is 23.8 Å². The summed E-state index contributed by atoms with van der Waals surface area (Å²) in [5, 5.41) is 12.7. The Morgan fingerprint density at radius 2 is 2.23 bits per heavy atom. The lowest BCUT2D eigenvalue weighted by atomic mass is 9.94. The molecule has 0 heterocycles. The van der Waals surface area contributed by atoms with E-state index in [0.717, 1.165) is 24.3 Å². The maximum absolute atomic E-state index is 9.09. The molecule has 0 aromatic carbocycles. The van der Waals surface area contributed by atoms with Crippen LogP contribution in [0.2, 0.25) is 0 Å². The zero-order chi connectivity index (χ0) is 9.26. The van der Waals surface area contributed by atoms with Crippen molar-refractivity contribution in [2.45, 2.75) is 51.1 Å². The van der Waals surface area contributed by atoms with Crippen molar-refractivity contribution in [1.29, 1.82) is 0 Å². The number of fused-ring (bicyclic) bond motifs is 2. The maximum atomic E-state index is 9.09. The Morgan fingerprint density at radius 3 is 2.69 bits per heavy atom. The first kappa shape index (κ1) is 9.47. The van der Waals surface area contributed by atoms with Crippen molar-refractivity contribution in [3.63, 3.8) is 0 Å². The highest BCUT2D eigenvalue weighted by atomic mass is 16.3. The first-order chi connectivity index (χ1) is 6.33. The van der Waals surface area contributed by atoms with Gasteiger partial charge in [0.15, 0.2) is 0 Å². The highest BCUT2D eigenvalue weighted by Crippen LogP contribution is 2.44. The molecule has 2 nitrogen and oxygen atoms in total. The summed E-state index contributed by atoms with van der Waals surface area (Å²) < 4.78 is 0. The first-order valence-electron chi connectivity index (χ1n) is 5.70. The zero-order valence-corrected chi connectivity index (χ0v) is 8.50. The summed E-state index contributed by atoms with van der Waals surface area (Å²) >= 11 is 0. The van der Waals surface area contributed by atoms with Crippen molar-refractivity contribution in [1.82, 2.24) is 5.32 Å². The Bertz CT molecular complexity index is 167. The normalized spacial score (nSPS) is 39.7. The smallest absolute Gasteiger partial charge is 0.0584 e. The third kappa shape index (κ3) is 1.89. The number of hydrogen-bond donors (Lipinski definition) is 2. The van der Waals surface area contributed by atoms with E-state index in [-0.39, 0.29) is 0 Å². The summed E-state index contributed by atoms with van der Waals surface area (Å²) in [5.74, 6) is 1.92. The molecule has 76 valence electrons. The van der Waals surface area contributed by atoms with Crippen LogP contribution in [0.3, 0.4) is 0 Å². The van der Waals surface area contributed by atoms with Gasteiger partial charge in [0.05, 0.1) is 6.61 Å². The molecule has 0 amide bonds. The number of hydrogen-bond acceptors (Lipinski definition) is 2. The Morgan fingerprint density at radius 1 is 1.38 bits per heavy atom. The van der Waals surface area contributed by atoms with Crippen LogP contribution < -0.4 is 5.32 Å². The van der Waals surface area contributed by atoms with E-state index >= 15 is 0 Å². The Kier molecular flexibility index (Phi) is 2.89. The van der Waals surface area contributed by atoms with E-state index in [1.165, 1.54) is 25.7 Å². The molecular weight excluding hydrogens is 162 g/mol. The second kappa shape index (κ2) is 3.97. The van der Waals surface area contributed by atoms with Gasteiger partial charge in [0, 0.05) is 12.1 Å². The Hall–Kier alpha value is -0.0800. The van der Waals surface area contributed by atoms with Gasteiger partial charge in [-0.1, -0.05) is 13.3 Å². The van der Waals surface area contributed by atoms with E-state index in [1.807, 2.05) is 0 Å². The van der Waals surface area contributed by atoms with Gasteiger partial charge in [-0.05, 0) is 37.5 Å². The summed E-state index contributed by atoms with van der Waals surface area (Å²) in [5.41, 5.74) is 0. The van der Waals surface area contributed by atoms with E-state index in [9.17, 15) is 0 Å². The van der Waals surface area contributed by atoms with Gasteiger partial charge in [0.1, 0.15) is 0 Å². The molecule has 2 rings (SSSR count). The second-order valence-corrected chi connectivity index (χ2v) is 4.74. The minimum absolute atomic E-state index is 0.296. The number of rotatable bonds is 4. The van der Waals surface area contributed by atoms with Crippen molar-refractivity contribution < 1.29 is 5.11 Å². The average molecular weight is 183 g/mol. The van der Waals surface area contributed by atoms with Crippen LogP contribution in [0.25, 0.3) is 0 Å². The van der Waals surface area contributed by atoms with Crippen molar-refractivity contribution in [3.05, 3.63) is 0 Å². The van der Waals surface area contributed by atoms with Gasteiger partial charge < -0.3 is 10.4 Å². The van der Waals surface area contributed by atoms with Gasteiger partial charge >= 0.3 is 0 Å². The van der Waals surface area contributed by atoms with E-state index in [4.69, 9.17) is 5.11 Å². The monoisotopic (exact) mass is 183 g/mol. The van der Waals surface area contributed by atoms with Crippen molar-refractivity contribution in [2.24, 2.45) is 11.8 Å². The molecule has 2 fully saturated rings. The summed E-state index contributed by atoms with van der Waals surface area (Å²) in [4.78, 5) is 0. The van der Waals surface area contributed by atoms with Crippen LogP contribution in [0, 0.1) is 11.8 Å². The van der Waals surface area contributed by atoms with Crippen LogP contribution in [-0.2, 0) is 0 Å². The molecule has 0 unspecified atom stereocenters. The number of aliphatic hydroxyl groups excluding tert-OH is 1. The average Bonchev–Trinajstić information content (AvgIpc) is 2.75. The van der Waals surface area contributed by atoms with Crippen LogP contribution in [0.1, 0.15) is 39.0 Å². The molecule has 0 aromatic heterocycles. The topological polar surface area (TPSA) is 32.3 Å². The highest BCUT2D eigenvalue weighted by molar-refractivity contribution is 4.95. The highest BCUT2D eigenvalue weighted by Gasteiger charge is 2.39. The minimum atomic E-state index is 0.296. The lowest BCUT2D eigenvalue weighted by Gasteiger charge is -2.27. The molecule has 0 aromatic rings. The zero-order valence-electron chi connectivity index (χ0n) is 8.50. The SMILES string of the molecule is CC[C@@H](CO)N[C@H]1C[C@@H]2CC[C@@H]1C2. The molecule has 2 aliphatic carbocycles. The van der Waals surface area contributed by atoms with Gasteiger partial charge in [-0.3, -0.25) is 0 Å². The molecule has 2 N–H and O–H groups in total. The summed E-state index contributed by atoms with van der Waals surface area (Å²) in [6, 6.07) is 1.06. The van der Waals surface area contributed by atoms with Gasteiger partial charge in [-0.25, -0.2) is 0 Å². The minimum Gasteiger partial charge on any atom is -0.395 e. The van der Waals surface area contributed by atoms with Gasteiger partial charge in [0.2, 0.25) is 0 Å². The molecular formula is C11H21NO. The maximum Gasteiger partial charge on any atom is 0.0584 e. The number of aliphatic hydroxyl groups is 1. The standard InChI is InChI=1S/C11H21NO/c1-2-10(7-13)12-11-6-8-3-4-9(11)5-8/h8-13H,2-7H2,1H3/t8-,9-,10+,11+/m1/s1. The van der Waals surface area contributed by atoms with Crippen LogP contribution in [0.15, 0.2) is 0 Å². The van der Waals surface area contributed by atoms with E-state index < -0.39 is 0 Å². The summed E-state index contributed by atoms with van der Waals surface area (Å²) in [6.45, 7) is 2.44. The molecule has 13 heavy (non-hydrogen) atoms. The Labute approximate surface area is 80.7 Å². The van der Waals surface area contributed by atoms with Gasteiger partial charge in [-0.15, -0.1) is 0 Å². The lowest BCUT2D eigenvalue weighted by molar-refractivity contribution is 0.210. The van der Waals surface area contributed by atoms with Crippen LogP contribution in [0.5, 0.6) is 0 Å².